The van der Waals surface area contributed by atoms with Crippen LogP contribution in [0.15, 0.2) is 24.3 Å². The third-order valence-electron chi connectivity index (χ3n) is 4.79. The number of nitrogens with zero attached hydrogens (tertiary/aromatic N) is 3. The molecule has 0 atom stereocenters. The number of anilines is 2. The fraction of sp³-hybridized carbons (Fsp3) is 0.316. The van der Waals surface area contributed by atoms with Gasteiger partial charge in [0.15, 0.2) is 5.65 Å². The molecule has 3 aromatic rings. The van der Waals surface area contributed by atoms with E-state index in [4.69, 9.17) is 17.0 Å². The zero-order chi connectivity index (χ0) is 18.5. The normalized spacial score (nSPS) is 15.5. The van der Waals surface area contributed by atoms with Gasteiger partial charge in [0, 0.05) is 17.7 Å². The van der Waals surface area contributed by atoms with E-state index in [1.807, 2.05) is 45.0 Å². The molecule has 0 saturated carbocycles. The van der Waals surface area contributed by atoms with Crippen LogP contribution in [0.1, 0.15) is 36.1 Å². The molecule has 0 amide bonds. The summed E-state index contributed by atoms with van der Waals surface area (Å²) in [5.41, 5.74) is 4.87. The van der Waals surface area contributed by atoms with Gasteiger partial charge in [0.25, 0.3) is 0 Å². The van der Waals surface area contributed by atoms with Crippen molar-refractivity contribution in [3.8, 4) is 6.07 Å². The number of fused-ring (bicyclic) bond motifs is 3. The van der Waals surface area contributed by atoms with Gasteiger partial charge in [0.2, 0.25) is 4.77 Å². The minimum Gasteiger partial charge on any atom is -0.370 e. The number of aromatic amines is 1. The van der Waals surface area contributed by atoms with E-state index in [0.29, 0.717) is 34.8 Å². The number of aromatic nitrogens is 3. The molecular formula is C19H19N5OS. The van der Waals surface area contributed by atoms with Gasteiger partial charge in [0.1, 0.15) is 11.9 Å². The first-order chi connectivity index (χ1) is 12.4. The minimum absolute atomic E-state index is 0.329. The van der Waals surface area contributed by atoms with Gasteiger partial charge in [-0.1, -0.05) is 18.2 Å². The molecule has 132 valence electrons. The van der Waals surface area contributed by atoms with Crippen molar-refractivity contribution in [2.24, 2.45) is 0 Å². The second-order valence-corrected chi connectivity index (χ2v) is 7.53. The molecule has 0 bridgehead atoms. The highest BCUT2D eigenvalue weighted by molar-refractivity contribution is 7.71. The van der Waals surface area contributed by atoms with E-state index in [0.717, 1.165) is 22.4 Å². The molecule has 0 spiro atoms. The number of aryl methyl sites for hydroxylation is 1. The fourth-order valence-corrected chi connectivity index (χ4v) is 3.64. The van der Waals surface area contributed by atoms with Crippen LogP contribution in [0.3, 0.4) is 0 Å². The molecule has 6 nitrogen and oxygen atoms in total. The number of benzene rings is 1. The summed E-state index contributed by atoms with van der Waals surface area (Å²) >= 11 is 5.44. The maximum atomic E-state index is 9.97. The standard InChI is InChI=1S/C19H19N5OS/c1-11-6-4-5-7-15(11)21-16-13(9-20)12-8-19(2,3)25-10-14(12)17-22-23-18(26)24(16)17/h4-7,21H,8,10H2,1-3H3,(H,23,26). The third-order valence-corrected chi connectivity index (χ3v) is 5.06. The quantitative estimate of drug-likeness (QED) is 0.667. The Morgan fingerprint density at radius 2 is 2.12 bits per heavy atom. The first-order valence-electron chi connectivity index (χ1n) is 8.43. The predicted molar refractivity (Wildman–Crippen MR) is 102 cm³/mol. The molecular weight excluding hydrogens is 346 g/mol. The Morgan fingerprint density at radius 1 is 1.35 bits per heavy atom. The maximum Gasteiger partial charge on any atom is 0.201 e. The Bertz CT molecular complexity index is 1120. The molecule has 1 aliphatic heterocycles. The zero-order valence-corrected chi connectivity index (χ0v) is 15.7. The van der Waals surface area contributed by atoms with Crippen molar-refractivity contribution in [1.82, 2.24) is 14.6 Å². The number of rotatable bonds is 2. The number of nitrogens with one attached hydrogen (secondary N) is 2. The zero-order valence-electron chi connectivity index (χ0n) is 14.9. The van der Waals surface area contributed by atoms with Crippen LogP contribution in [-0.2, 0) is 17.8 Å². The van der Waals surface area contributed by atoms with Crippen LogP contribution in [-0.4, -0.2) is 20.2 Å². The summed E-state index contributed by atoms with van der Waals surface area (Å²) in [5.74, 6) is 0.645. The van der Waals surface area contributed by atoms with Crippen LogP contribution < -0.4 is 5.32 Å². The molecule has 0 unspecified atom stereocenters. The van der Waals surface area contributed by atoms with Crippen molar-refractivity contribution in [1.29, 1.82) is 5.26 Å². The Balaban J connectivity index is 2.03. The molecule has 1 aromatic carbocycles. The molecule has 0 radical (unpaired) electrons. The Labute approximate surface area is 156 Å². The lowest BCUT2D eigenvalue weighted by molar-refractivity contribution is -0.0397. The smallest absolute Gasteiger partial charge is 0.201 e. The number of nitriles is 1. The Kier molecular flexibility index (Phi) is 3.83. The summed E-state index contributed by atoms with van der Waals surface area (Å²) in [6, 6.07) is 10.3. The SMILES string of the molecule is Cc1ccccc1Nc1c(C#N)c2c(c3n[nH]c(=S)n13)COC(C)(C)C2. The summed E-state index contributed by atoms with van der Waals surface area (Å²) in [4.78, 5) is 0. The van der Waals surface area contributed by atoms with Crippen molar-refractivity contribution in [2.45, 2.75) is 39.4 Å². The monoisotopic (exact) mass is 365 g/mol. The molecule has 1 aliphatic rings. The number of hydrogen-bond acceptors (Lipinski definition) is 5. The average molecular weight is 365 g/mol. The molecule has 0 aliphatic carbocycles. The van der Waals surface area contributed by atoms with E-state index >= 15 is 0 Å². The molecule has 2 N–H and O–H groups in total. The van der Waals surface area contributed by atoms with Crippen molar-refractivity contribution in [3.63, 3.8) is 0 Å². The van der Waals surface area contributed by atoms with Crippen LogP contribution in [0.5, 0.6) is 0 Å². The van der Waals surface area contributed by atoms with Crippen molar-refractivity contribution < 1.29 is 4.74 Å². The van der Waals surface area contributed by atoms with Gasteiger partial charge in [-0.05, 0) is 50.2 Å². The first kappa shape index (κ1) is 16.8. The van der Waals surface area contributed by atoms with Crippen LogP contribution in [0.4, 0.5) is 11.5 Å². The second kappa shape index (κ2) is 5.94. The summed E-state index contributed by atoms with van der Waals surface area (Å²) in [7, 11) is 0. The van der Waals surface area contributed by atoms with Crippen molar-refractivity contribution in [3.05, 3.63) is 51.3 Å². The fourth-order valence-electron chi connectivity index (χ4n) is 3.42. The van der Waals surface area contributed by atoms with Gasteiger partial charge in [-0.15, -0.1) is 0 Å². The van der Waals surface area contributed by atoms with Gasteiger partial charge in [-0.25, -0.2) is 0 Å². The Hall–Kier alpha value is -2.69. The van der Waals surface area contributed by atoms with Crippen LogP contribution in [0.2, 0.25) is 0 Å². The van der Waals surface area contributed by atoms with Crippen molar-refractivity contribution >= 4 is 29.4 Å². The van der Waals surface area contributed by atoms with Gasteiger partial charge >= 0.3 is 0 Å². The van der Waals surface area contributed by atoms with E-state index in [-0.39, 0.29) is 5.60 Å². The highest BCUT2D eigenvalue weighted by atomic mass is 32.1. The summed E-state index contributed by atoms with van der Waals surface area (Å²) in [6.45, 7) is 6.50. The molecule has 0 saturated heterocycles. The summed E-state index contributed by atoms with van der Waals surface area (Å²) in [5, 5.41) is 20.6. The van der Waals surface area contributed by atoms with Gasteiger partial charge < -0.3 is 10.1 Å². The van der Waals surface area contributed by atoms with Crippen molar-refractivity contribution in [2.75, 3.05) is 5.32 Å². The molecule has 3 heterocycles. The predicted octanol–water partition coefficient (Wildman–Crippen LogP) is 4.17. The van der Waals surface area contributed by atoms with Gasteiger partial charge in [-0.2, -0.15) is 10.4 Å². The molecule has 4 rings (SSSR count). The lowest BCUT2D eigenvalue weighted by Gasteiger charge is -2.33. The molecule has 2 aromatic heterocycles. The lowest BCUT2D eigenvalue weighted by Crippen LogP contribution is -2.33. The number of pyridine rings is 1. The van der Waals surface area contributed by atoms with E-state index in [1.165, 1.54) is 0 Å². The van der Waals surface area contributed by atoms with E-state index in [2.05, 4.69) is 21.6 Å². The second-order valence-electron chi connectivity index (χ2n) is 7.15. The number of H-pyrrole nitrogens is 1. The highest BCUT2D eigenvalue weighted by Gasteiger charge is 2.32. The minimum atomic E-state index is -0.329. The molecule has 7 heteroatoms. The largest absolute Gasteiger partial charge is 0.370 e. The third kappa shape index (κ3) is 2.59. The highest BCUT2D eigenvalue weighted by Crippen LogP contribution is 2.36. The van der Waals surface area contributed by atoms with Crippen LogP contribution >= 0.6 is 12.2 Å². The van der Waals surface area contributed by atoms with Gasteiger partial charge in [-0.3, -0.25) is 9.50 Å². The van der Waals surface area contributed by atoms with E-state index in [9.17, 15) is 5.26 Å². The topological polar surface area (TPSA) is 78.1 Å². The number of para-hydroxylation sites is 1. The Morgan fingerprint density at radius 3 is 2.85 bits per heavy atom. The first-order valence-corrected chi connectivity index (χ1v) is 8.83. The average Bonchev–Trinajstić information content (AvgIpc) is 2.98. The summed E-state index contributed by atoms with van der Waals surface area (Å²) < 4.78 is 8.19. The van der Waals surface area contributed by atoms with Crippen LogP contribution in [0.25, 0.3) is 5.65 Å². The van der Waals surface area contributed by atoms with E-state index in [1.54, 1.807) is 4.40 Å². The van der Waals surface area contributed by atoms with E-state index < -0.39 is 0 Å². The molecule has 26 heavy (non-hydrogen) atoms. The maximum absolute atomic E-state index is 9.97. The molecule has 0 fully saturated rings. The lowest BCUT2D eigenvalue weighted by atomic mass is 9.89. The van der Waals surface area contributed by atoms with Gasteiger partial charge in [0.05, 0.1) is 17.8 Å². The number of hydrogen-bond donors (Lipinski definition) is 2. The number of ether oxygens (including phenoxy) is 1. The summed E-state index contributed by atoms with van der Waals surface area (Å²) in [6.07, 6.45) is 0.643. The van der Waals surface area contributed by atoms with Crippen LogP contribution in [0, 0.1) is 23.0 Å².